The molecule has 0 heterocycles. The summed E-state index contributed by atoms with van der Waals surface area (Å²) in [5.74, 6) is 0.0312. The summed E-state index contributed by atoms with van der Waals surface area (Å²) in [5.41, 5.74) is 0. The van der Waals surface area contributed by atoms with E-state index in [-0.39, 0.29) is 5.75 Å². The van der Waals surface area contributed by atoms with Crippen LogP contribution >= 0.6 is 0 Å². The van der Waals surface area contributed by atoms with Crippen LogP contribution in [-0.2, 0) is 4.79 Å². The molecule has 0 aliphatic rings. The number of benzene rings is 2. The Morgan fingerprint density at radius 1 is 1.31 bits per heavy atom. The van der Waals surface area contributed by atoms with Crippen molar-refractivity contribution in [1.82, 2.24) is 0 Å². The van der Waals surface area contributed by atoms with Crippen LogP contribution in [-0.4, -0.2) is 11.1 Å². The predicted octanol–water partition coefficient (Wildman–Crippen LogP) is 2.64. The second-order valence-electron chi connectivity index (χ2n) is 3.29. The molecule has 3 heteroatoms. The van der Waals surface area contributed by atoms with E-state index >= 15 is 0 Å². The van der Waals surface area contributed by atoms with Crippen LogP contribution in [0.5, 0.6) is 11.5 Å². The number of ether oxygens (including phenoxy) is 1. The Morgan fingerprint density at radius 3 is 2.88 bits per heavy atom. The summed E-state index contributed by atoms with van der Waals surface area (Å²) in [6.07, 6.45) is 1.10. The van der Waals surface area contributed by atoms with Gasteiger partial charge in [0.05, 0.1) is 0 Å². The predicted molar refractivity (Wildman–Crippen MR) is 61.4 cm³/mol. The molecule has 0 spiro atoms. The average molecular weight is 214 g/mol. The van der Waals surface area contributed by atoms with Crippen LogP contribution < -0.4 is 4.74 Å². The minimum absolute atomic E-state index is 0.134. The monoisotopic (exact) mass is 214 g/mol. The molecule has 0 aromatic heterocycles. The Hall–Kier alpha value is -2.29. The number of phenols is 1. The molecular formula is C13H10O3. The lowest BCUT2D eigenvalue weighted by atomic mass is 10.1. The molecule has 1 N–H and O–H groups in total. The zero-order valence-electron chi connectivity index (χ0n) is 8.51. The first-order chi connectivity index (χ1) is 7.70. The van der Waals surface area contributed by atoms with E-state index in [1.807, 2.05) is 6.07 Å². The largest absolute Gasteiger partial charge is 0.508 e. The van der Waals surface area contributed by atoms with Gasteiger partial charge in [-0.25, -0.2) is 4.79 Å². The average Bonchev–Trinajstić information content (AvgIpc) is 2.29. The molecular weight excluding hydrogens is 204 g/mol. The first-order valence-electron chi connectivity index (χ1n) is 4.76. The number of carbonyl (C=O) groups excluding carboxylic acids is 1. The number of fused-ring (bicyclic) bond motifs is 1. The lowest BCUT2D eigenvalue weighted by Crippen LogP contribution is -2.03. The van der Waals surface area contributed by atoms with Crippen molar-refractivity contribution in [2.24, 2.45) is 0 Å². The molecule has 2 aromatic carbocycles. The van der Waals surface area contributed by atoms with E-state index in [4.69, 9.17) is 4.74 Å². The number of hydrogen-bond donors (Lipinski definition) is 1. The molecule has 16 heavy (non-hydrogen) atoms. The third kappa shape index (κ3) is 1.88. The van der Waals surface area contributed by atoms with E-state index < -0.39 is 5.97 Å². The first-order valence-corrected chi connectivity index (χ1v) is 4.76. The summed E-state index contributed by atoms with van der Waals surface area (Å²) in [5, 5.41) is 11.0. The van der Waals surface area contributed by atoms with Crippen molar-refractivity contribution in [2.45, 2.75) is 0 Å². The quantitative estimate of drug-likeness (QED) is 0.475. The van der Waals surface area contributed by atoms with E-state index in [2.05, 4.69) is 6.58 Å². The highest BCUT2D eigenvalue weighted by molar-refractivity contribution is 5.93. The Morgan fingerprint density at radius 2 is 2.12 bits per heavy atom. The molecule has 0 fully saturated rings. The number of carbonyl (C=O) groups is 1. The van der Waals surface area contributed by atoms with Gasteiger partial charge in [0.2, 0.25) is 0 Å². The Labute approximate surface area is 92.6 Å². The Bertz CT molecular complexity index is 558. The SMILES string of the molecule is C=CC(=O)Oc1cccc2ccc(O)cc12. The van der Waals surface area contributed by atoms with Crippen LogP contribution in [0.1, 0.15) is 0 Å². The van der Waals surface area contributed by atoms with Crippen LogP contribution in [0.2, 0.25) is 0 Å². The normalized spacial score (nSPS) is 10.0. The van der Waals surface area contributed by atoms with E-state index in [1.54, 1.807) is 30.3 Å². The van der Waals surface area contributed by atoms with Gasteiger partial charge in [-0.05, 0) is 23.6 Å². The fraction of sp³-hybridized carbons (Fsp3) is 0. The molecule has 0 saturated carbocycles. The summed E-state index contributed by atoms with van der Waals surface area (Å²) in [6.45, 7) is 3.33. The molecule has 0 aliphatic carbocycles. The van der Waals surface area contributed by atoms with Crippen molar-refractivity contribution < 1.29 is 14.6 Å². The minimum Gasteiger partial charge on any atom is -0.508 e. The maximum Gasteiger partial charge on any atom is 0.335 e. The van der Waals surface area contributed by atoms with Crippen molar-refractivity contribution in [2.75, 3.05) is 0 Å². The summed E-state index contributed by atoms with van der Waals surface area (Å²) in [6, 6.07) is 10.2. The number of aromatic hydroxyl groups is 1. The van der Waals surface area contributed by atoms with Gasteiger partial charge in [0.1, 0.15) is 11.5 Å². The second kappa shape index (κ2) is 4.06. The molecule has 0 unspecified atom stereocenters. The van der Waals surface area contributed by atoms with E-state index in [1.165, 1.54) is 0 Å². The van der Waals surface area contributed by atoms with E-state index in [9.17, 15) is 9.90 Å². The summed E-state index contributed by atoms with van der Waals surface area (Å²) < 4.78 is 5.06. The van der Waals surface area contributed by atoms with Crippen LogP contribution in [0.3, 0.4) is 0 Å². The molecule has 0 saturated heterocycles. The minimum atomic E-state index is -0.518. The number of esters is 1. The lowest BCUT2D eigenvalue weighted by molar-refractivity contribution is -0.128. The molecule has 0 atom stereocenters. The van der Waals surface area contributed by atoms with Crippen LogP contribution in [0.15, 0.2) is 49.1 Å². The molecule has 0 radical (unpaired) electrons. The van der Waals surface area contributed by atoms with Gasteiger partial charge in [0.25, 0.3) is 0 Å². The molecule has 80 valence electrons. The lowest BCUT2D eigenvalue weighted by Gasteiger charge is -2.06. The summed E-state index contributed by atoms with van der Waals surface area (Å²) >= 11 is 0. The molecule has 2 rings (SSSR count). The van der Waals surface area contributed by atoms with Gasteiger partial charge in [0.15, 0.2) is 0 Å². The Balaban J connectivity index is 2.55. The van der Waals surface area contributed by atoms with Gasteiger partial charge in [-0.3, -0.25) is 0 Å². The fourth-order valence-corrected chi connectivity index (χ4v) is 1.47. The highest BCUT2D eigenvalue weighted by atomic mass is 16.5. The standard InChI is InChI=1S/C13H10O3/c1-2-13(15)16-12-5-3-4-9-6-7-10(14)8-11(9)12/h2-8,14H,1H2. The van der Waals surface area contributed by atoms with Gasteiger partial charge in [-0.15, -0.1) is 0 Å². The molecule has 0 amide bonds. The van der Waals surface area contributed by atoms with Crippen molar-refractivity contribution >= 4 is 16.7 Å². The topological polar surface area (TPSA) is 46.5 Å². The maximum absolute atomic E-state index is 11.1. The maximum atomic E-state index is 11.1. The number of rotatable bonds is 2. The Kier molecular flexibility index (Phi) is 2.60. The second-order valence-corrected chi connectivity index (χ2v) is 3.29. The molecule has 2 aromatic rings. The fourth-order valence-electron chi connectivity index (χ4n) is 1.47. The van der Waals surface area contributed by atoms with Crippen molar-refractivity contribution in [3.05, 3.63) is 49.1 Å². The number of hydrogen-bond acceptors (Lipinski definition) is 3. The van der Waals surface area contributed by atoms with Gasteiger partial charge < -0.3 is 9.84 Å². The van der Waals surface area contributed by atoms with Crippen molar-refractivity contribution in [3.8, 4) is 11.5 Å². The van der Waals surface area contributed by atoms with Crippen LogP contribution in [0.4, 0.5) is 0 Å². The summed E-state index contributed by atoms with van der Waals surface area (Å²) in [4.78, 5) is 11.1. The third-order valence-corrected chi connectivity index (χ3v) is 2.20. The first kappa shape index (κ1) is 10.2. The van der Waals surface area contributed by atoms with E-state index in [0.29, 0.717) is 11.1 Å². The van der Waals surface area contributed by atoms with Crippen molar-refractivity contribution in [1.29, 1.82) is 0 Å². The number of phenolic OH excluding ortho intramolecular Hbond substituents is 1. The molecule has 0 aliphatic heterocycles. The van der Waals surface area contributed by atoms with Crippen LogP contribution in [0, 0.1) is 0 Å². The van der Waals surface area contributed by atoms with Crippen molar-refractivity contribution in [3.63, 3.8) is 0 Å². The zero-order chi connectivity index (χ0) is 11.5. The molecule has 0 bridgehead atoms. The zero-order valence-corrected chi connectivity index (χ0v) is 8.51. The highest BCUT2D eigenvalue weighted by Gasteiger charge is 2.05. The third-order valence-electron chi connectivity index (χ3n) is 2.20. The van der Waals surface area contributed by atoms with Gasteiger partial charge in [0, 0.05) is 11.5 Å². The van der Waals surface area contributed by atoms with E-state index in [0.717, 1.165) is 11.5 Å². The smallest absolute Gasteiger partial charge is 0.335 e. The van der Waals surface area contributed by atoms with Gasteiger partial charge in [-0.1, -0.05) is 24.8 Å². The molecule has 3 nitrogen and oxygen atoms in total. The van der Waals surface area contributed by atoms with Gasteiger partial charge >= 0.3 is 5.97 Å². The van der Waals surface area contributed by atoms with Crippen LogP contribution in [0.25, 0.3) is 10.8 Å². The highest BCUT2D eigenvalue weighted by Crippen LogP contribution is 2.28. The van der Waals surface area contributed by atoms with Gasteiger partial charge in [-0.2, -0.15) is 0 Å². The summed E-state index contributed by atoms with van der Waals surface area (Å²) in [7, 11) is 0.